The second kappa shape index (κ2) is 5.07. The molecule has 0 aromatic rings. The Bertz CT molecular complexity index is 134. The minimum atomic E-state index is 0.674. The molecule has 12 heavy (non-hydrogen) atoms. The van der Waals surface area contributed by atoms with Crippen molar-refractivity contribution in [2.24, 2.45) is 0 Å². The zero-order valence-corrected chi connectivity index (χ0v) is 8.68. The molecule has 1 aliphatic rings. The Morgan fingerprint density at radius 3 is 2.92 bits per heavy atom. The van der Waals surface area contributed by atoms with E-state index in [2.05, 4.69) is 11.8 Å². The highest BCUT2D eigenvalue weighted by Gasteiger charge is 2.18. The highest BCUT2D eigenvalue weighted by Crippen LogP contribution is 2.17. The average Bonchev–Trinajstić information content (AvgIpc) is 2.09. The molecule has 1 unspecified atom stereocenters. The van der Waals surface area contributed by atoms with E-state index in [1.807, 2.05) is 11.4 Å². The van der Waals surface area contributed by atoms with Crippen molar-refractivity contribution in [1.82, 2.24) is 9.21 Å². The maximum Gasteiger partial charge on any atom is 0.0799 e. The van der Waals surface area contributed by atoms with Crippen LogP contribution in [0.5, 0.6) is 0 Å². The molecular weight excluding hydrogens is 172 g/mol. The topological polar surface area (TPSA) is 26.7 Å². The van der Waals surface area contributed by atoms with Gasteiger partial charge in [0.1, 0.15) is 0 Å². The van der Waals surface area contributed by atoms with E-state index in [0.29, 0.717) is 6.04 Å². The van der Waals surface area contributed by atoms with E-state index in [0.717, 1.165) is 18.9 Å². The van der Waals surface area contributed by atoms with Crippen molar-refractivity contribution in [3.8, 4) is 0 Å². The van der Waals surface area contributed by atoms with E-state index in [-0.39, 0.29) is 0 Å². The fourth-order valence-corrected chi connectivity index (χ4v) is 1.85. The van der Waals surface area contributed by atoms with Crippen LogP contribution in [0, 0.1) is 0 Å². The van der Waals surface area contributed by atoms with E-state index in [9.17, 15) is 0 Å². The number of hydrogen-bond donors (Lipinski definition) is 1. The summed E-state index contributed by atoms with van der Waals surface area (Å²) in [5.74, 6) is 0. The largest absolute Gasteiger partial charge is 0.317 e. The molecule has 1 rings (SSSR count). The van der Waals surface area contributed by atoms with E-state index in [4.69, 9.17) is 4.55 Å². The predicted octanol–water partition coefficient (Wildman–Crippen LogP) is 1.87. The summed E-state index contributed by atoms with van der Waals surface area (Å²) in [4.78, 5) is 2.41. The van der Waals surface area contributed by atoms with Crippen LogP contribution < -0.4 is 0 Å². The lowest BCUT2D eigenvalue weighted by Crippen LogP contribution is -2.42. The first-order valence-corrected chi connectivity index (χ1v) is 5.24. The monoisotopic (exact) mass is 190 g/mol. The predicted molar refractivity (Wildman–Crippen MR) is 52.9 cm³/mol. The lowest BCUT2D eigenvalue weighted by Gasteiger charge is -2.34. The summed E-state index contributed by atoms with van der Waals surface area (Å²) < 4.78 is 10.6. The van der Waals surface area contributed by atoms with Gasteiger partial charge in [-0.1, -0.05) is 6.42 Å². The third-order valence-corrected chi connectivity index (χ3v) is 2.86. The molecule has 1 atom stereocenters. The van der Waals surface area contributed by atoms with E-state index >= 15 is 0 Å². The van der Waals surface area contributed by atoms with Gasteiger partial charge in [0.05, 0.1) is 18.9 Å². The van der Waals surface area contributed by atoms with Gasteiger partial charge in [0.15, 0.2) is 0 Å². The third-order valence-electron chi connectivity index (χ3n) is 2.46. The highest BCUT2D eigenvalue weighted by molar-refractivity contribution is 7.91. The maximum absolute atomic E-state index is 8.77. The van der Waals surface area contributed by atoms with Crippen molar-refractivity contribution in [3.05, 3.63) is 0 Å². The molecule has 4 heteroatoms. The number of piperidine rings is 1. The Kier molecular flexibility index (Phi) is 4.35. The van der Waals surface area contributed by atoms with Gasteiger partial charge in [-0.3, -0.25) is 4.90 Å². The molecule has 0 aromatic heterocycles. The quantitative estimate of drug-likeness (QED) is 0.543. The summed E-state index contributed by atoms with van der Waals surface area (Å²) in [7, 11) is 1.91. The number of likely N-dealkylation sites (tertiary alicyclic amines) is 1. The molecular formula is C8H18N2OS. The molecule has 0 spiro atoms. The van der Waals surface area contributed by atoms with Crippen LogP contribution in [-0.2, 0) is 0 Å². The molecule has 0 amide bonds. The lowest BCUT2D eigenvalue weighted by atomic mass is 10.0. The highest BCUT2D eigenvalue weighted by atomic mass is 32.2. The van der Waals surface area contributed by atoms with Crippen molar-refractivity contribution in [2.75, 3.05) is 20.3 Å². The summed E-state index contributed by atoms with van der Waals surface area (Å²) in [6, 6.07) is 0.674. The van der Waals surface area contributed by atoms with E-state index in [1.54, 1.807) is 0 Å². The lowest BCUT2D eigenvalue weighted by molar-refractivity contribution is 0.124. The van der Waals surface area contributed by atoms with Gasteiger partial charge < -0.3 is 4.55 Å². The summed E-state index contributed by atoms with van der Waals surface area (Å²) in [5.41, 5.74) is 0. The SMILES string of the molecule is CC1CCCCN1CN(C)SO. The molecule has 3 nitrogen and oxygen atoms in total. The van der Waals surface area contributed by atoms with Gasteiger partial charge in [-0.2, -0.15) is 0 Å². The zero-order valence-electron chi connectivity index (χ0n) is 7.86. The molecule has 1 aliphatic heterocycles. The first-order valence-electron chi connectivity index (χ1n) is 4.50. The van der Waals surface area contributed by atoms with Gasteiger partial charge in [-0.25, -0.2) is 4.31 Å². The third kappa shape index (κ3) is 2.94. The van der Waals surface area contributed by atoms with E-state index < -0.39 is 0 Å². The Labute approximate surface area is 79.1 Å². The second-order valence-electron chi connectivity index (χ2n) is 3.51. The van der Waals surface area contributed by atoms with Gasteiger partial charge in [-0.05, 0) is 26.3 Å². The average molecular weight is 190 g/mol. The van der Waals surface area contributed by atoms with Gasteiger partial charge in [0, 0.05) is 13.1 Å². The summed E-state index contributed by atoms with van der Waals surface area (Å²) in [6.45, 7) is 4.30. The van der Waals surface area contributed by atoms with Crippen LogP contribution in [0.25, 0.3) is 0 Å². The molecule has 1 N–H and O–H groups in total. The van der Waals surface area contributed by atoms with Crippen molar-refractivity contribution in [2.45, 2.75) is 32.2 Å². The molecule has 0 bridgehead atoms. The standard InChI is InChI=1S/C8H18N2OS/c1-8-5-3-4-6-10(8)7-9(2)12-11/h8,11H,3-7H2,1-2H3. The molecule has 0 radical (unpaired) electrons. The Hall–Kier alpha value is 0.230. The van der Waals surface area contributed by atoms with Crippen LogP contribution in [0.4, 0.5) is 0 Å². The van der Waals surface area contributed by atoms with Crippen molar-refractivity contribution < 1.29 is 4.55 Å². The zero-order chi connectivity index (χ0) is 8.97. The van der Waals surface area contributed by atoms with Crippen LogP contribution in [0.1, 0.15) is 26.2 Å². The van der Waals surface area contributed by atoms with Gasteiger partial charge in [0.2, 0.25) is 0 Å². The Balaban J connectivity index is 2.28. The number of rotatable bonds is 3. The Morgan fingerprint density at radius 2 is 2.33 bits per heavy atom. The van der Waals surface area contributed by atoms with E-state index in [1.165, 1.54) is 25.8 Å². The normalized spacial score (nSPS) is 26.5. The summed E-state index contributed by atoms with van der Waals surface area (Å²) >= 11 is 0.812. The van der Waals surface area contributed by atoms with Crippen LogP contribution in [0.15, 0.2) is 0 Å². The molecule has 0 saturated carbocycles. The minimum Gasteiger partial charge on any atom is -0.317 e. The van der Waals surface area contributed by atoms with Crippen molar-refractivity contribution >= 4 is 12.2 Å². The summed E-state index contributed by atoms with van der Waals surface area (Å²) in [5, 5.41) is 0. The first-order chi connectivity index (χ1) is 5.74. The molecule has 1 saturated heterocycles. The molecule has 1 fully saturated rings. The first kappa shape index (κ1) is 10.3. The van der Waals surface area contributed by atoms with Gasteiger partial charge >= 0.3 is 0 Å². The maximum atomic E-state index is 8.77. The minimum absolute atomic E-state index is 0.674. The van der Waals surface area contributed by atoms with Gasteiger partial charge in [0.25, 0.3) is 0 Å². The fraction of sp³-hybridized carbons (Fsp3) is 1.00. The van der Waals surface area contributed by atoms with Crippen molar-refractivity contribution in [1.29, 1.82) is 0 Å². The smallest absolute Gasteiger partial charge is 0.0799 e. The summed E-state index contributed by atoms with van der Waals surface area (Å²) in [6.07, 6.45) is 3.95. The van der Waals surface area contributed by atoms with Crippen LogP contribution in [-0.4, -0.2) is 40.1 Å². The second-order valence-corrected chi connectivity index (χ2v) is 4.29. The Morgan fingerprint density at radius 1 is 1.58 bits per heavy atom. The van der Waals surface area contributed by atoms with Crippen LogP contribution in [0.3, 0.4) is 0 Å². The van der Waals surface area contributed by atoms with Crippen molar-refractivity contribution in [3.63, 3.8) is 0 Å². The molecule has 72 valence electrons. The van der Waals surface area contributed by atoms with Crippen LogP contribution in [0.2, 0.25) is 0 Å². The molecule has 1 heterocycles. The molecule has 0 aliphatic carbocycles. The fourth-order valence-electron chi connectivity index (χ4n) is 1.65. The van der Waals surface area contributed by atoms with Crippen LogP contribution >= 0.6 is 12.2 Å². The number of hydrogen-bond acceptors (Lipinski definition) is 4. The van der Waals surface area contributed by atoms with Gasteiger partial charge in [-0.15, -0.1) is 0 Å². The number of nitrogens with zero attached hydrogens (tertiary/aromatic N) is 2. The molecule has 0 aromatic carbocycles.